The fourth-order valence-electron chi connectivity index (χ4n) is 3.48. The number of esters is 1. The second-order valence-corrected chi connectivity index (χ2v) is 9.57. The van der Waals surface area contributed by atoms with Crippen molar-refractivity contribution in [2.24, 2.45) is 0 Å². The molecule has 0 amide bonds. The number of benzene rings is 2. The summed E-state index contributed by atoms with van der Waals surface area (Å²) in [4.78, 5) is 24.8. The van der Waals surface area contributed by atoms with Crippen molar-refractivity contribution in [1.82, 2.24) is 4.57 Å². The predicted octanol–water partition coefficient (Wildman–Crippen LogP) is 4.29. The lowest BCUT2D eigenvalue weighted by molar-refractivity contribution is -0.142. The third-order valence-corrected chi connectivity index (χ3v) is 6.83. The smallest absolute Gasteiger partial charge is 0.387 e. The Balaban J connectivity index is 1.62. The van der Waals surface area contributed by atoms with Crippen LogP contribution in [-0.2, 0) is 19.4 Å². The summed E-state index contributed by atoms with van der Waals surface area (Å²) in [5, 5.41) is 0. The third-order valence-electron chi connectivity index (χ3n) is 5.09. The molecule has 0 aliphatic heterocycles. The first-order valence-corrected chi connectivity index (χ1v) is 11.9. The summed E-state index contributed by atoms with van der Waals surface area (Å²) in [6.45, 7) is 0.0212. The predicted molar refractivity (Wildman–Crippen MR) is 120 cm³/mol. The van der Waals surface area contributed by atoms with Crippen LogP contribution < -0.4 is 4.74 Å². The normalized spacial score (nSPS) is 11.4. The Labute approximate surface area is 195 Å². The highest BCUT2D eigenvalue weighted by Gasteiger charge is 2.20. The first-order chi connectivity index (χ1) is 16.1. The number of halogens is 2. The lowest BCUT2D eigenvalue weighted by Gasteiger charge is -2.11. The first-order valence-electron chi connectivity index (χ1n) is 10.3. The Morgan fingerprint density at radius 1 is 1.00 bits per heavy atom. The van der Waals surface area contributed by atoms with E-state index in [0.29, 0.717) is 22.6 Å². The molecule has 1 heterocycles. The van der Waals surface area contributed by atoms with Gasteiger partial charge >= 0.3 is 12.6 Å². The molecule has 0 bridgehead atoms. The largest absolute Gasteiger partial charge is 0.457 e. The summed E-state index contributed by atoms with van der Waals surface area (Å²) < 4.78 is 60.3. The van der Waals surface area contributed by atoms with E-state index in [1.807, 2.05) is 0 Å². The maximum atomic E-state index is 12.7. The molecule has 0 unspecified atom stereocenters. The standard InChI is InChI=1S/C24H23F2NO6S/c1-16-14-21(17(2)27(16)18-8-10-19(11-9-18)33-24(25)26)22(28)15-32-23(29)12-13-34(30,31)20-6-4-3-5-7-20/h3-11,14,24H,12-13,15H2,1-2H3. The number of nitrogens with zero attached hydrogens (tertiary/aromatic N) is 1. The number of hydrogen-bond acceptors (Lipinski definition) is 6. The fourth-order valence-corrected chi connectivity index (χ4v) is 4.72. The van der Waals surface area contributed by atoms with Crippen molar-refractivity contribution in [3.05, 3.63) is 77.6 Å². The number of carbonyl (C=O) groups is 2. The van der Waals surface area contributed by atoms with E-state index in [1.165, 1.54) is 24.3 Å². The first kappa shape index (κ1) is 25.1. The van der Waals surface area contributed by atoms with E-state index in [1.54, 1.807) is 54.8 Å². The van der Waals surface area contributed by atoms with Crippen LogP contribution in [0.15, 0.2) is 65.6 Å². The molecule has 3 rings (SSSR count). The summed E-state index contributed by atoms with van der Waals surface area (Å²) in [6, 6.07) is 15.3. The van der Waals surface area contributed by atoms with Crippen LogP contribution in [0, 0.1) is 13.8 Å². The maximum Gasteiger partial charge on any atom is 0.387 e. The SMILES string of the molecule is Cc1cc(C(=O)COC(=O)CCS(=O)(=O)c2ccccc2)c(C)n1-c1ccc(OC(F)F)cc1. The van der Waals surface area contributed by atoms with Crippen LogP contribution in [0.2, 0.25) is 0 Å². The van der Waals surface area contributed by atoms with Gasteiger partial charge in [0.15, 0.2) is 16.4 Å². The molecule has 0 atom stereocenters. The molecule has 7 nitrogen and oxygen atoms in total. The molecule has 0 aliphatic rings. The summed E-state index contributed by atoms with van der Waals surface area (Å²) in [5.41, 5.74) is 2.25. The number of aromatic nitrogens is 1. The van der Waals surface area contributed by atoms with E-state index >= 15 is 0 Å². The molecule has 0 saturated heterocycles. The Hall–Kier alpha value is -3.53. The van der Waals surface area contributed by atoms with Gasteiger partial charge in [-0.25, -0.2) is 8.42 Å². The maximum absolute atomic E-state index is 12.7. The number of rotatable bonds is 10. The van der Waals surface area contributed by atoms with Gasteiger partial charge in [0.25, 0.3) is 0 Å². The molecule has 0 fully saturated rings. The van der Waals surface area contributed by atoms with Gasteiger partial charge in [-0.15, -0.1) is 0 Å². The number of alkyl halides is 2. The van der Waals surface area contributed by atoms with Crippen molar-refractivity contribution in [1.29, 1.82) is 0 Å². The molecule has 3 aromatic rings. The zero-order valence-electron chi connectivity index (χ0n) is 18.5. The summed E-state index contributed by atoms with van der Waals surface area (Å²) in [7, 11) is -3.64. The number of aryl methyl sites for hydroxylation is 1. The second-order valence-electron chi connectivity index (χ2n) is 7.46. The Morgan fingerprint density at radius 3 is 2.26 bits per heavy atom. The van der Waals surface area contributed by atoms with Gasteiger partial charge in [0.2, 0.25) is 5.78 Å². The van der Waals surface area contributed by atoms with Crippen LogP contribution >= 0.6 is 0 Å². The van der Waals surface area contributed by atoms with Crippen molar-refractivity contribution in [2.75, 3.05) is 12.4 Å². The fraction of sp³-hybridized carbons (Fsp3) is 0.250. The van der Waals surface area contributed by atoms with Crippen molar-refractivity contribution in [3.63, 3.8) is 0 Å². The lowest BCUT2D eigenvalue weighted by Crippen LogP contribution is -2.18. The van der Waals surface area contributed by atoms with E-state index in [2.05, 4.69) is 4.74 Å². The second kappa shape index (κ2) is 10.6. The minimum absolute atomic E-state index is 0.0127. The number of Topliss-reactive ketones (excluding diaryl/α,β-unsaturated/α-hetero) is 1. The number of ketones is 1. The summed E-state index contributed by atoms with van der Waals surface area (Å²) >= 11 is 0. The van der Waals surface area contributed by atoms with Crippen LogP contribution in [0.25, 0.3) is 5.69 Å². The minimum atomic E-state index is -3.64. The van der Waals surface area contributed by atoms with Gasteiger partial charge < -0.3 is 14.0 Å². The average Bonchev–Trinajstić information content (AvgIpc) is 3.11. The molecule has 34 heavy (non-hydrogen) atoms. The van der Waals surface area contributed by atoms with Crippen LogP contribution in [0.5, 0.6) is 5.75 Å². The zero-order chi connectivity index (χ0) is 24.9. The number of carbonyl (C=O) groups excluding carboxylic acids is 2. The molecule has 0 aliphatic carbocycles. The monoisotopic (exact) mass is 491 g/mol. The number of ether oxygens (including phenoxy) is 2. The molecule has 0 saturated carbocycles. The van der Waals surface area contributed by atoms with Crippen molar-refractivity contribution in [2.45, 2.75) is 31.8 Å². The lowest BCUT2D eigenvalue weighted by atomic mass is 10.1. The minimum Gasteiger partial charge on any atom is -0.457 e. The van der Waals surface area contributed by atoms with Gasteiger partial charge in [0, 0.05) is 22.6 Å². The number of hydrogen-bond donors (Lipinski definition) is 0. The Kier molecular flexibility index (Phi) is 7.83. The molecule has 2 aromatic carbocycles. The van der Waals surface area contributed by atoms with E-state index in [-0.39, 0.29) is 17.1 Å². The van der Waals surface area contributed by atoms with Gasteiger partial charge in [0.05, 0.1) is 17.1 Å². The van der Waals surface area contributed by atoms with Gasteiger partial charge in [-0.1, -0.05) is 18.2 Å². The summed E-state index contributed by atoms with van der Waals surface area (Å²) in [5.74, 6) is -1.66. The van der Waals surface area contributed by atoms with Crippen LogP contribution in [0.4, 0.5) is 8.78 Å². The molecule has 180 valence electrons. The van der Waals surface area contributed by atoms with E-state index in [4.69, 9.17) is 4.74 Å². The van der Waals surface area contributed by atoms with Crippen LogP contribution in [-0.4, -0.2) is 43.7 Å². The van der Waals surface area contributed by atoms with Gasteiger partial charge in [-0.2, -0.15) is 8.78 Å². The highest BCUT2D eigenvalue weighted by atomic mass is 32.2. The van der Waals surface area contributed by atoms with Crippen LogP contribution in [0.1, 0.15) is 28.2 Å². The van der Waals surface area contributed by atoms with Crippen LogP contribution in [0.3, 0.4) is 0 Å². The summed E-state index contributed by atoms with van der Waals surface area (Å²) in [6.07, 6.45) is -0.378. The van der Waals surface area contributed by atoms with E-state index in [0.717, 1.165) is 0 Å². The van der Waals surface area contributed by atoms with Crippen molar-refractivity contribution < 1.29 is 36.3 Å². The van der Waals surface area contributed by atoms with Gasteiger partial charge in [-0.05, 0) is 56.3 Å². The molecule has 0 radical (unpaired) electrons. The molecular weight excluding hydrogens is 468 g/mol. The molecule has 0 spiro atoms. The molecule has 1 aromatic heterocycles. The average molecular weight is 492 g/mol. The quantitative estimate of drug-likeness (QED) is 0.311. The highest BCUT2D eigenvalue weighted by Crippen LogP contribution is 2.24. The molecular formula is C24H23F2NO6S. The van der Waals surface area contributed by atoms with Gasteiger partial charge in [0.1, 0.15) is 5.75 Å². The molecule has 10 heteroatoms. The zero-order valence-corrected chi connectivity index (χ0v) is 19.3. The molecule has 0 N–H and O–H groups in total. The Morgan fingerprint density at radius 2 is 1.65 bits per heavy atom. The topological polar surface area (TPSA) is 91.7 Å². The van der Waals surface area contributed by atoms with E-state index in [9.17, 15) is 26.8 Å². The number of sulfone groups is 1. The van der Waals surface area contributed by atoms with Crippen molar-refractivity contribution >= 4 is 21.6 Å². The highest BCUT2D eigenvalue weighted by molar-refractivity contribution is 7.91. The van der Waals surface area contributed by atoms with Crippen molar-refractivity contribution in [3.8, 4) is 11.4 Å². The van der Waals surface area contributed by atoms with Gasteiger partial charge in [-0.3, -0.25) is 9.59 Å². The third kappa shape index (κ3) is 6.07. The van der Waals surface area contributed by atoms with E-state index < -0.39 is 40.6 Å². The Bertz CT molecular complexity index is 1270.